The average Bonchev–Trinajstić information content (AvgIpc) is 3.11. The third kappa shape index (κ3) is 4.09. The van der Waals surface area contributed by atoms with Crippen molar-refractivity contribution in [2.45, 2.75) is 71.4 Å². The van der Waals surface area contributed by atoms with Crippen LogP contribution in [0, 0.1) is 20.8 Å². The van der Waals surface area contributed by atoms with E-state index in [0.717, 1.165) is 31.7 Å². The molecule has 1 aromatic carbocycles. The summed E-state index contributed by atoms with van der Waals surface area (Å²) in [6.07, 6.45) is 5.35. The van der Waals surface area contributed by atoms with Gasteiger partial charge in [0, 0.05) is 17.8 Å². The maximum atomic E-state index is 6.55. The van der Waals surface area contributed by atoms with Crippen molar-refractivity contribution in [2.24, 2.45) is 0 Å². The van der Waals surface area contributed by atoms with Gasteiger partial charge in [-0.05, 0) is 63.3 Å². The van der Waals surface area contributed by atoms with Gasteiger partial charge in [0.2, 0.25) is 0 Å². The Morgan fingerprint density at radius 1 is 1.07 bits per heavy atom. The highest BCUT2D eigenvalue weighted by Crippen LogP contribution is 2.48. The zero-order valence-corrected chi connectivity index (χ0v) is 17.5. The van der Waals surface area contributed by atoms with Gasteiger partial charge in [0.05, 0.1) is 18.2 Å². The lowest BCUT2D eigenvalue weighted by atomic mass is 9.76. The molecule has 1 spiro atoms. The van der Waals surface area contributed by atoms with E-state index in [2.05, 4.69) is 61.4 Å². The first-order valence-corrected chi connectivity index (χ1v) is 10.4. The highest BCUT2D eigenvalue weighted by molar-refractivity contribution is 5.32. The van der Waals surface area contributed by atoms with Crippen LogP contribution in [0.1, 0.15) is 73.0 Å². The van der Waals surface area contributed by atoms with E-state index in [1.807, 2.05) is 20.0 Å². The van der Waals surface area contributed by atoms with Crippen molar-refractivity contribution in [3.63, 3.8) is 0 Å². The fourth-order valence-corrected chi connectivity index (χ4v) is 4.59. The lowest BCUT2D eigenvalue weighted by Crippen LogP contribution is -2.48. The fraction of sp³-hybridized carbons (Fsp3) is 0.542. The topological polar surface area (TPSA) is 34.2 Å². The summed E-state index contributed by atoms with van der Waals surface area (Å²) in [6.45, 7) is 12.3. The quantitative estimate of drug-likeness (QED) is 0.772. The van der Waals surface area contributed by atoms with Crippen LogP contribution in [0.2, 0.25) is 0 Å². The van der Waals surface area contributed by atoms with E-state index in [4.69, 9.17) is 4.74 Å². The van der Waals surface area contributed by atoms with E-state index in [9.17, 15) is 0 Å². The Morgan fingerprint density at radius 3 is 2.56 bits per heavy atom. The van der Waals surface area contributed by atoms with Gasteiger partial charge in [-0.3, -0.25) is 4.98 Å². The Bertz CT molecular complexity index is 755. The SMILES string of the molecule is CC.Cc1ccc(C2NCCCC23CC(c2cc(C)cnc2C)CO3)cc1. The van der Waals surface area contributed by atoms with E-state index in [-0.39, 0.29) is 11.6 Å². The molecule has 1 N–H and O–H groups in total. The Balaban J connectivity index is 0.00000102. The van der Waals surface area contributed by atoms with E-state index in [1.165, 1.54) is 28.7 Å². The molecule has 4 rings (SSSR count). The maximum absolute atomic E-state index is 6.55. The number of pyridine rings is 1. The fourth-order valence-electron chi connectivity index (χ4n) is 4.59. The van der Waals surface area contributed by atoms with Gasteiger partial charge in [-0.1, -0.05) is 49.7 Å². The molecule has 2 aromatic rings. The van der Waals surface area contributed by atoms with Gasteiger partial charge < -0.3 is 10.1 Å². The molecule has 0 aliphatic carbocycles. The Hall–Kier alpha value is -1.71. The lowest BCUT2D eigenvalue weighted by Gasteiger charge is -2.42. The molecule has 3 atom stereocenters. The molecule has 27 heavy (non-hydrogen) atoms. The number of aryl methyl sites for hydroxylation is 3. The van der Waals surface area contributed by atoms with Crippen LogP contribution < -0.4 is 5.32 Å². The summed E-state index contributed by atoms with van der Waals surface area (Å²) in [5.74, 6) is 0.445. The number of ether oxygens (including phenoxy) is 1. The Morgan fingerprint density at radius 2 is 1.81 bits per heavy atom. The minimum Gasteiger partial charge on any atom is -0.372 e. The number of hydrogen-bond donors (Lipinski definition) is 1. The molecule has 3 nitrogen and oxygen atoms in total. The summed E-state index contributed by atoms with van der Waals surface area (Å²) in [6, 6.07) is 11.5. The number of rotatable bonds is 2. The van der Waals surface area contributed by atoms with Crippen molar-refractivity contribution >= 4 is 0 Å². The van der Waals surface area contributed by atoms with Crippen LogP contribution in [0.5, 0.6) is 0 Å². The van der Waals surface area contributed by atoms with Gasteiger partial charge in [-0.2, -0.15) is 0 Å². The number of benzene rings is 1. The zero-order chi connectivity index (χ0) is 19.4. The van der Waals surface area contributed by atoms with Crippen molar-refractivity contribution in [3.8, 4) is 0 Å². The molecule has 1 aromatic heterocycles. The normalized spacial score (nSPS) is 27.3. The van der Waals surface area contributed by atoms with Crippen molar-refractivity contribution in [1.29, 1.82) is 0 Å². The lowest BCUT2D eigenvalue weighted by molar-refractivity contribution is -0.0484. The second-order valence-electron chi connectivity index (χ2n) is 7.87. The number of piperidine rings is 1. The first kappa shape index (κ1) is 20.0. The highest BCUT2D eigenvalue weighted by Gasteiger charge is 2.48. The second kappa shape index (κ2) is 8.53. The first-order valence-electron chi connectivity index (χ1n) is 10.4. The monoisotopic (exact) mass is 366 g/mol. The van der Waals surface area contributed by atoms with E-state index >= 15 is 0 Å². The molecule has 2 aliphatic heterocycles. The minimum absolute atomic E-state index is 0.0889. The Labute approximate surface area is 164 Å². The smallest absolute Gasteiger partial charge is 0.0883 e. The largest absolute Gasteiger partial charge is 0.372 e. The van der Waals surface area contributed by atoms with Crippen LogP contribution in [0.25, 0.3) is 0 Å². The molecule has 0 amide bonds. The summed E-state index contributed by atoms with van der Waals surface area (Å²) in [4.78, 5) is 4.57. The molecule has 0 bridgehead atoms. The van der Waals surface area contributed by atoms with Crippen molar-refractivity contribution in [1.82, 2.24) is 10.3 Å². The molecule has 2 fully saturated rings. The predicted molar refractivity (Wildman–Crippen MR) is 112 cm³/mol. The van der Waals surface area contributed by atoms with E-state index in [1.54, 1.807) is 0 Å². The third-order valence-corrected chi connectivity index (χ3v) is 5.93. The molecule has 0 radical (unpaired) electrons. The van der Waals surface area contributed by atoms with Gasteiger partial charge in [0.1, 0.15) is 0 Å². The van der Waals surface area contributed by atoms with Crippen molar-refractivity contribution in [3.05, 3.63) is 64.5 Å². The summed E-state index contributed by atoms with van der Waals surface area (Å²) in [7, 11) is 0. The number of nitrogens with zero attached hydrogens (tertiary/aromatic N) is 1. The Kier molecular flexibility index (Phi) is 6.33. The molecule has 3 unspecified atom stereocenters. The van der Waals surface area contributed by atoms with Gasteiger partial charge in [-0.25, -0.2) is 0 Å². The summed E-state index contributed by atoms with van der Waals surface area (Å²) < 4.78 is 6.55. The van der Waals surface area contributed by atoms with Gasteiger partial charge >= 0.3 is 0 Å². The summed E-state index contributed by atoms with van der Waals surface area (Å²) in [5, 5.41) is 3.75. The van der Waals surface area contributed by atoms with Crippen LogP contribution in [0.4, 0.5) is 0 Å². The number of nitrogens with one attached hydrogen (secondary N) is 1. The predicted octanol–water partition coefficient (Wildman–Crippen LogP) is 5.40. The van der Waals surface area contributed by atoms with Crippen molar-refractivity contribution in [2.75, 3.05) is 13.2 Å². The molecular formula is C24H34N2O. The molecule has 3 heterocycles. The van der Waals surface area contributed by atoms with Crippen LogP contribution in [-0.4, -0.2) is 23.7 Å². The van der Waals surface area contributed by atoms with Gasteiger partial charge in [0.15, 0.2) is 0 Å². The summed E-state index contributed by atoms with van der Waals surface area (Å²) in [5.41, 5.74) is 6.31. The molecule has 146 valence electrons. The van der Waals surface area contributed by atoms with Gasteiger partial charge in [-0.15, -0.1) is 0 Å². The maximum Gasteiger partial charge on any atom is 0.0883 e. The average molecular weight is 367 g/mol. The standard InChI is InChI=1S/C22H28N2O.C2H6/c1-15-5-7-18(8-6-15)21-22(9-4-10-23-21)12-19(14-25-22)20-11-16(2)13-24-17(20)3;1-2/h5-8,11,13,19,21,23H,4,9-10,12,14H2,1-3H3;1-2H3. The number of aromatic nitrogens is 1. The second-order valence-corrected chi connectivity index (χ2v) is 7.87. The number of hydrogen-bond acceptors (Lipinski definition) is 3. The first-order chi connectivity index (χ1) is 13.1. The van der Waals surface area contributed by atoms with Crippen LogP contribution >= 0.6 is 0 Å². The zero-order valence-electron chi connectivity index (χ0n) is 17.5. The molecule has 0 saturated carbocycles. The highest BCUT2D eigenvalue weighted by atomic mass is 16.5. The minimum atomic E-state index is -0.0889. The van der Waals surface area contributed by atoms with E-state index in [0.29, 0.717) is 5.92 Å². The molecule has 3 heteroatoms. The van der Waals surface area contributed by atoms with Gasteiger partial charge in [0.25, 0.3) is 0 Å². The third-order valence-electron chi connectivity index (χ3n) is 5.93. The molecule has 2 saturated heterocycles. The van der Waals surface area contributed by atoms with Crippen LogP contribution in [0.15, 0.2) is 36.5 Å². The van der Waals surface area contributed by atoms with Crippen LogP contribution in [-0.2, 0) is 4.74 Å². The van der Waals surface area contributed by atoms with E-state index < -0.39 is 0 Å². The molecular weight excluding hydrogens is 332 g/mol. The van der Waals surface area contributed by atoms with Crippen molar-refractivity contribution < 1.29 is 4.74 Å². The summed E-state index contributed by atoms with van der Waals surface area (Å²) >= 11 is 0. The van der Waals surface area contributed by atoms with Crippen LogP contribution in [0.3, 0.4) is 0 Å². The molecule has 2 aliphatic rings.